The van der Waals surface area contributed by atoms with Gasteiger partial charge >= 0.3 is 0 Å². The third kappa shape index (κ3) is 3.38. The minimum absolute atomic E-state index is 0.382. The van der Waals surface area contributed by atoms with E-state index in [2.05, 4.69) is 10.6 Å². The summed E-state index contributed by atoms with van der Waals surface area (Å²) in [4.78, 5) is 23.6. The second kappa shape index (κ2) is 6.71. The first kappa shape index (κ1) is 16.0. The maximum absolute atomic E-state index is 11.8. The molecule has 0 aliphatic carbocycles. The van der Waals surface area contributed by atoms with E-state index in [0.29, 0.717) is 24.5 Å². The molecule has 3 aromatic rings. The molecule has 0 heterocycles. The van der Waals surface area contributed by atoms with Crippen LogP contribution >= 0.6 is 0 Å². The second-order valence-electron chi connectivity index (χ2n) is 6.09. The zero-order valence-electron chi connectivity index (χ0n) is 13.8. The van der Waals surface area contributed by atoms with Crippen molar-refractivity contribution in [2.24, 2.45) is 0 Å². The molecule has 0 amide bonds. The van der Waals surface area contributed by atoms with Crippen LogP contribution in [-0.2, 0) is 13.1 Å². The molecular weight excluding hydrogens is 300 g/mol. The standard InChI is InChI=1S/C20H20N2O2/c1-13-3-7-15(8-4-13)11-21-17-18(20(24)19(17)23)22-12-16-9-5-14(2)6-10-16/h3-10,21-22H,11-12H2,1-2H3. The molecule has 0 fully saturated rings. The molecule has 0 saturated heterocycles. The van der Waals surface area contributed by atoms with Crippen molar-refractivity contribution in [2.75, 3.05) is 10.6 Å². The Kier molecular flexibility index (Phi) is 4.47. The summed E-state index contributed by atoms with van der Waals surface area (Å²) in [5.74, 6) is 0. The van der Waals surface area contributed by atoms with Crippen molar-refractivity contribution in [3.8, 4) is 0 Å². The molecule has 0 unspecified atom stereocenters. The summed E-state index contributed by atoms with van der Waals surface area (Å²) in [7, 11) is 0. The minimum atomic E-state index is -0.450. The summed E-state index contributed by atoms with van der Waals surface area (Å²) in [6.07, 6.45) is 0. The molecule has 3 aromatic carbocycles. The van der Waals surface area contributed by atoms with Gasteiger partial charge in [0, 0.05) is 13.1 Å². The van der Waals surface area contributed by atoms with Crippen molar-refractivity contribution in [3.05, 3.63) is 91.2 Å². The SMILES string of the molecule is Cc1ccc(CNc2c(NCc3ccc(C)cc3)c(=O)c2=O)cc1. The molecule has 0 atom stereocenters. The van der Waals surface area contributed by atoms with Crippen LogP contribution in [0, 0.1) is 13.8 Å². The van der Waals surface area contributed by atoms with Crippen LogP contribution < -0.4 is 21.5 Å². The lowest BCUT2D eigenvalue weighted by molar-refractivity contribution is 1.09. The number of hydrogen-bond acceptors (Lipinski definition) is 4. The highest BCUT2D eigenvalue weighted by atomic mass is 16.2. The van der Waals surface area contributed by atoms with Crippen molar-refractivity contribution < 1.29 is 0 Å². The number of aryl methyl sites for hydroxylation is 2. The Labute approximate surface area is 140 Å². The van der Waals surface area contributed by atoms with Crippen molar-refractivity contribution in [1.82, 2.24) is 0 Å². The second-order valence-corrected chi connectivity index (χ2v) is 6.09. The Balaban J connectivity index is 1.65. The first-order valence-corrected chi connectivity index (χ1v) is 7.97. The van der Waals surface area contributed by atoms with Gasteiger partial charge in [-0.2, -0.15) is 0 Å². The number of hydrogen-bond donors (Lipinski definition) is 2. The van der Waals surface area contributed by atoms with Gasteiger partial charge in [-0.15, -0.1) is 0 Å². The van der Waals surface area contributed by atoms with Crippen LogP contribution in [0.15, 0.2) is 58.1 Å². The van der Waals surface area contributed by atoms with E-state index in [0.717, 1.165) is 11.1 Å². The minimum Gasteiger partial charge on any atom is -0.376 e. The lowest BCUT2D eigenvalue weighted by Gasteiger charge is -2.15. The Morgan fingerprint density at radius 3 is 1.29 bits per heavy atom. The molecule has 0 spiro atoms. The van der Waals surface area contributed by atoms with E-state index in [1.54, 1.807) is 0 Å². The summed E-state index contributed by atoms with van der Waals surface area (Å²) in [5.41, 5.74) is 4.38. The van der Waals surface area contributed by atoms with Crippen LogP contribution in [0.4, 0.5) is 11.4 Å². The van der Waals surface area contributed by atoms with Gasteiger partial charge in [0.2, 0.25) is 0 Å². The quantitative estimate of drug-likeness (QED) is 0.685. The van der Waals surface area contributed by atoms with Gasteiger partial charge in [-0.1, -0.05) is 59.7 Å². The van der Waals surface area contributed by atoms with E-state index in [-0.39, 0.29) is 0 Å². The summed E-state index contributed by atoms with van der Waals surface area (Å²) >= 11 is 0. The number of rotatable bonds is 6. The predicted octanol–water partition coefficient (Wildman–Crippen LogP) is 3.12. The van der Waals surface area contributed by atoms with Crippen LogP contribution in [0.2, 0.25) is 0 Å². The Morgan fingerprint density at radius 2 is 0.958 bits per heavy atom. The highest BCUT2D eigenvalue weighted by Gasteiger charge is 2.20. The van der Waals surface area contributed by atoms with Crippen LogP contribution in [-0.4, -0.2) is 0 Å². The first-order chi connectivity index (χ1) is 11.5. The van der Waals surface area contributed by atoms with E-state index in [1.165, 1.54) is 11.1 Å². The van der Waals surface area contributed by atoms with Crippen LogP contribution in [0.1, 0.15) is 22.3 Å². The highest BCUT2D eigenvalue weighted by molar-refractivity contribution is 5.74. The Morgan fingerprint density at radius 1 is 0.625 bits per heavy atom. The summed E-state index contributed by atoms with van der Waals surface area (Å²) in [6.45, 7) is 5.09. The molecule has 0 aliphatic heterocycles. The first-order valence-electron chi connectivity index (χ1n) is 7.97. The zero-order chi connectivity index (χ0) is 17.1. The molecule has 0 radical (unpaired) electrons. The molecule has 0 aromatic heterocycles. The number of nitrogens with one attached hydrogen (secondary N) is 2. The molecule has 2 N–H and O–H groups in total. The van der Waals surface area contributed by atoms with Crippen LogP contribution in [0.25, 0.3) is 0 Å². The Bertz CT molecular complexity index is 825. The number of anilines is 2. The van der Waals surface area contributed by atoms with E-state index in [4.69, 9.17) is 0 Å². The zero-order valence-corrected chi connectivity index (χ0v) is 13.8. The maximum Gasteiger partial charge on any atom is 0.253 e. The highest BCUT2D eigenvalue weighted by Crippen LogP contribution is 2.17. The molecule has 122 valence electrons. The summed E-state index contributed by atoms with van der Waals surface area (Å²) in [5, 5.41) is 6.15. The van der Waals surface area contributed by atoms with Crippen LogP contribution in [0.3, 0.4) is 0 Å². The van der Waals surface area contributed by atoms with E-state index < -0.39 is 10.9 Å². The van der Waals surface area contributed by atoms with Gasteiger partial charge in [0.05, 0.1) is 0 Å². The average molecular weight is 320 g/mol. The molecule has 24 heavy (non-hydrogen) atoms. The monoisotopic (exact) mass is 320 g/mol. The van der Waals surface area contributed by atoms with Gasteiger partial charge < -0.3 is 10.6 Å². The normalized spacial score (nSPS) is 10.8. The van der Waals surface area contributed by atoms with E-state index in [1.807, 2.05) is 62.4 Å². The fraction of sp³-hybridized carbons (Fsp3) is 0.200. The topological polar surface area (TPSA) is 58.2 Å². The molecule has 0 aliphatic rings. The van der Waals surface area contributed by atoms with Crippen molar-refractivity contribution >= 4 is 11.4 Å². The maximum atomic E-state index is 11.8. The van der Waals surface area contributed by atoms with Crippen molar-refractivity contribution in [3.63, 3.8) is 0 Å². The lowest BCUT2D eigenvalue weighted by Crippen LogP contribution is -2.37. The fourth-order valence-corrected chi connectivity index (χ4v) is 2.52. The average Bonchev–Trinajstić information content (AvgIpc) is 2.60. The van der Waals surface area contributed by atoms with Crippen LogP contribution in [0.5, 0.6) is 0 Å². The fourth-order valence-electron chi connectivity index (χ4n) is 2.52. The lowest BCUT2D eigenvalue weighted by atomic mass is 10.1. The number of benzene rings is 2. The van der Waals surface area contributed by atoms with Gasteiger partial charge in [-0.25, -0.2) is 0 Å². The van der Waals surface area contributed by atoms with Gasteiger partial charge in [0.25, 0.3) is 10.9 Å². The van der Waals surface area contributed by atoms with E-state index >= 15 is 0 Å². The largest absolute Gasteiger partial charge is 0.376 e. The van der Waals surface area contributed by atoms with Gasteiger partial charge in [-0.05, 0) is 25.0 Å². The summed E-state index contributed by atoms with van der Waals surface area (Å²) < 4.78 is 0. The van der Waals surface area contributed by atoms with Gasteiger partial charge in [-0.3, -0.25) is 9.59 Å². The molecule has 0 bridgehead atoms. The third-order valence-electron chi connectivity index (χ3n) is 4.09. The van der Waals surface area contributed by atoms with Crippen molar-refractivity contribution in [1.29, 1.82) is 0 Å². The Hall–Kier alpha value is -2.88. The molecular formula is C20H20N2O2. The van der Waals surface area contributed by atoms with E-state index in [9.17, 15) is 9.59 Å². The molecule has 3 rings (SSSR count). The molecule has 4 heteroatoms. The molecule has 0 saturated carbocycles. The van der Waals surface area contributed by atoms with Gasteiger partial charge in [0.15, 0.2) is 0 Å². The van der Waals surface area contributed by atoms with Gasteiger partial charge in [0.1, 0.15) is 11.4 Å². The molecule has 4 nitrogen and oxygen atoms in total. The smallest absolute Gasteiger partial charge is 0.253 e. The van der Waals surface area contributed by atoms with Crippen molar-refractivity contribution in [2.45, 2.75) is 26.9 Å². The summed E-state index contributed by atoms with van der Waals surface area (Å²) in [6, 6.07) is 16.1. The third-order valence-corrected chi connectivity index (χ3v) is 4.09. The predicted molar refractivity (Wildman–Crippen MR) is 98.4 cm³/mol.